The predicted molar refractivity (Wildman–Crippen MR) is 197 cm³/mol. The summed E-state index contributed by atoms with van der Waals surface area (Å²) in [5.74, 6) is -0.708. The Morgan fingerprint density at radius 2 is 1.09 bits per heavy atom. The van der Waals surface area contributed by atoms with Crippen molar-refractivity contribution in [2.24, 2.45) is 22.7 Å². The minimum Gasteiger partial charge on any atom is -1.00 e. The van der Waals surface area contributed by atoms with Crippen LogP contribution in [0.3, 0.4) is 0 Å². The first-order chi connectivity index (χ1) is 25.5. The molecule has 4 unspecified atom stereocenters. The number of hydrogen-bond acceptors (Lipinski definition) is 9. The van der Waals surface area contributed by atoms with Gasteiger partial charge in [0.25, 0.3) is 0 Å². The van der Waals surface area contributed by atoms with Gasteiger partial charge in [-0.3, -0.25) is 14.4 Å². The monoisotopic (exact) mass is 948 g/mol. The zero-order valence-corrected chi connectivity index (χ0v) is 35.8. The van der Waals surface area contributed by atoms with Crippen LogP contribution in [0.1, 0.15) is 64.2 Å². The lowest BCUT2D eigenvalue weighted by Crippen LogP contribution is -3.00. The third-order valence-corrected chi connectivity index (χ3v) is 15.8. The van der Waals surface area contributed by atoms with Gasteiger partial charge >= 0.3 is 0 Å². The first kappa shape index (κ1) is 41.9. The van der Waals surface area contributed by atoms with Crippen molar-refractivity contribution in [3.05, 3.63) is 82.4 Å². The molecule has 6 fully saturated rings. The molecule has 2 heterocycles. The first-order valence-electron chi connectivity index (χ1n) is 19.9. The van der Waals surface area contributed by atoms with Crippen molar-refractivity contribution in [2.75, 3.05) is 40.3 Å². The maximum Gasteiger partial charge on any atom is 0.220 e. The van der Waals surface area contributed by atoms with Crippen LogP contribution >= 0.6 is 0 Å². The van der Waals surface area contributed by atoms with Crippen LogP contribution in [-0.4, -0.2) is 133 Å². The molecule has 0 radical (unpaired) electrons. The van der Waals surface area contributed by atoms with Gasteiger partial charge in [-0.1, -0.05) is 18.7 Å². The van der Waals surface area contributed by atoms with Crippen molar-refractivity contribution in [3.63, 3.8) is 0 Å². The van der Waals surface area contributed by atoms with Gasteiger partial charge in [0, 0.05) is 42.2 Å². The number of allylic oxidation sites excluding steroid dienone is 6. The number of carbonyl (C=O) groups is 3. The average Bonchev–Trinajstić information content (AvgIpc) is 4.08. The second-order valence-corrected chi connectivity index (χ2v) is 18.9. The van der Waals surface area contributed by atoms with Crippen LogP contribution in [0.25, 0.3) is 0 Å². The van der Waals surface area contributed by atoms with Gasteiger partial charge < -0.3 is 80.6 Å². The van der Waals surface area contributed by atoms with Crippen LogP contribution in [0.15, 0.2) is 82.4 Å². The number of hydrogen-bond donors (Lipinski definition) is 6. The molecule has 10 aliphatic rings. The molecule has 0 aromatic heterocycles. The average molecular weight is 950 g/mol. The number of quaternary nitrogens is 2. The normalized spacial score (nSPS) is 44.5. The van der Waals surface area contributed by atoms with E-state index in [0.717, 1.165) is 29.7 Å². The highest BCUT2D eigenvalue weighted by Gasteiger charge is 2.75. The van der Waals surface area contributed by atoms with E-state index in [-0.39, 0.29) is 83.0 Å². The number of carbonyl (C=O) groups excluding carboxylic acids is 3. The van der Waals surface area contributed by atoms with Gasteiger partial charge in [0.2, 0.25) is 11.6 Å². The molecule has 2 aliphatic heterocycles. The summed E-state index contributed by atoms with van der Waals surface area (Å²) in [5.41, 5.74) is -2.13. The summed E-state index contributed by atoms with van der Waals surface area (Å²) in [6.45, 7) is 7.52. The second-order valence-electron chi connectivity index (χ2n) is 18.9. The van der Waals surface area contributed by atoms with Crippen molar-refractivity contribution < 1.29 is 94.9 Å². The van der Waals surface area contributed by atoms with E-state index in [9.17, 15) is 45.0 Å². The molecule has 304 valence electrons. The predicted octanol–water partition coefficient (Wildman–Crippen LogP) is -3.11. The molecular weight excluding hydrogens is 895 g/mol. The molecule has 10 rings (SSSR count). The highest BCUT2D eigenvalue weighted by Crippen LogP contribution is 2.65. The lowest BCUT2D eigenvalue weighted by Gasteiger charge is -2.66. The standard InChI is InChI=1S/C22H27NO4.C21H25NO5.BrH.HI/c1-13-7-8-22(27)17-11-15-5-6-16(24)19(25)18(15)21(22,20(13)26)9-10-23(17,2)12-14-3-4-14;1-22(11-12-2-3-12)9-8-20-17-13(4-5-14(23)18(17)25)10-16(22)21(20,27)7-6-15(24)19(20)26;;/h5-6,11,14,17,20,26-27H,1,3-4,7-10,12H2,2H3;4-5,10,12,16,19,26-27H,2-3,6-9,11H2,1H3;2*1H/t17-,20?,21+,22-,23?;16-,19?,20+,21-,22?;;/m11../s1. The van der Waals surface area contributed by atoms with E-state index in [0.29, 0.717) is 65.3 Å². The maximum absolute atomic E-state index is 12.5. The summed E-state index contributed by atoms with van der Waals surface area (Å²) in [7, 11) is 4.36. The lowest BCUT2D eigenvalue weighted by atomic mass is 9.47. The molecule has 8 aliphatic carbocycles. The Hall–Kier alpha value is -2.24. The van der Waals surface area contributed by atoms with E-state index in [1.54, 1.807) is 12.2 Å². The molecule has 56 heavy (non-hydrogen) atoms. The summed E-state index contributed by atoms with van der Waals surface area (Å²) in [6, 6.07) is -0.446. The Kier molecular flexibility index (Phi) is 10.2. The van der Waals surface area contributed by atoms with Gasteiger partial charge in [-0.25, -0.2) is 0 Å². The molecule has 11 nitrogen and oxygen atoms in total. The molecule has 10 atom stereocenters. The van der Waals surface area contributed by atoms with Crippen LogP contribution in [0.5, 0.6) is 0 Å². The van der Waals surface area contributed by atoms with Gasteiger partial charge in [0.05, 0.1) is 57.2 Å². The third-order valence-electron chi connectivity index (χ3n) is 15.8. The SMILES string of the molecule is C=C1CC[C@@]2(O)[C@H]3C=C4C=CC(=O)C(O)=C4[C@@]2(CC[N+]3(C)CC2CC2)C1O.C[N+]1(CC2CC2)CC[C@@]23C4=C(O)C(=O)C=CC4=C[C@@H]1[C@]2(O)CCC(=O)C3O.[Br-].[I-]. The van der Waals surface area contributed by atoms with Crippen molar-refractivity contribution in [1.82, 2.24) is 0 Å². The number of aliphatic hydroxyl groups is 6. The fraction of sp³-hybridized carbons (Fsp3) is 0.605. The zero-order chi connectivity index (χ0) is 38.4. The summed E-state index contributed by atoms with van der Waals surface area (Å²) in [4.78, 5) is 36.9. The molecule has 0 aromatic rings. The molecule has 13 heteroatoms. The fourth-order valence-corrected chi connectivity index (χ4v) is 12.7. The highest BCUT2D eigenvalue weighted by molar-refractivity contribution is 6.06. The largest absolute Gasteiger partial charge is 1.00 e. The van der Waals surface area contributed by atoms with Crippen LogP contribution in [0.2, 0.25) is 0 Å². The Morgan fingerprint density at radius 1 is 0.679 bits per heavy atom. The number of fused-ring (bicyclic) bond motifs is 2. The van der Waals surface area contributed by atoms with E-state index < -0.39 is 51.6 Å². The van der Waals surface area contributed by atoms with Crippen molar-refractivity contribution in [2.45, 2.75) is 99.7 Å². The Morgan fingerprint density at radius 3 is 1.52 bits per heavy atom. The maximum atomic E-state index is 12.5. The van der Waals surface area contributed by atoms with Crippen LogP contribution in [0.4, 0.5) is 0 Å². The van der Waals surface area contributed by atoms with E-state index >= 15 is 0 Å². The van der Waals surface area contributed by atoms with Crippen LogP contribution in [-0.2, 0) is 14.4 Å². The molecule has 4 saturated carbocycles. The van der Waals surface area contributed by atoms with Crippen molar-refractivity contribution in [1.29, 1.82) is 0 Å². The zero-order valence-electron chi connectivity index (χ0n) is 32.1. The smallest absolute Gasteiger partial charge is 0.220 e. The number of ketones is 3. The Balaban J connectivity index is 0.000000166. The second kappa shape index (κ2) is 13.7. The number of halogens is 2. The van der Waals surface area contributed by atoms with E-state index in [1.807, 2.05) is 6.08 Å². The third kappa shape index (κ3) is 5.50. The Labute approximate surface area is 355 Å². The van der Waals surface area contributed by atoms with Gasteiger partial charge in [-0.05, 0) is 86.0 Å². The molecule has 0 amide bonds. The number of piperidine rings is 2. The van der Waals surface area contributed by atoms with E-state index in [2.05, 4.69) is 26.8 Å². The summed E-state index contributed by atoms with van der Waals surface area (Å²) < 4.78 is 1.42. The van der Waals surface area contributed by atoms with Crippen LogP contribution in [0, 0.1) is 22.7 Å². The molecule has 4 bridgehead atoms. The quantitative estimate of drug-likeness (QED) is 0.0971. The topological polar surface area (TPSA) is 173 Å². The Bertz CT molecular complexity index is 1860. The minimum absolute atomic E-state index is 0. The summed E-state index contributed by atoms with van der Waals surface area (Å²) >= 11 is 0. The molecular formula is C43H54BrIN2O9. The van der Waals surface area contributed by atoms with Gasteiger partial charge in [0.15, 0.2) is 17.3 Å². The van der Waals surface area contributed by atoms with E-state index in [1.165, 1.54) is 37.8 Å². The fourth-order valence-electron chi connectivity index (χ4n) is 12.7. The van der Waals surface area contributed by atoms with Gasteiger partial charge in [0.1, 0.15) is 29.4 Å². The molecule has 6 N–H and O–H groups in total. The van der Waals surface area contributed by atoms with Gasteiger partial charge in [-0.2, -0.15) is 0 Å². The summed E-state index contributed by atoms with van der Waals surface area (Å²) in [6.07, 6.45) is 15.0. The van der Waals surface area contributed by atoms with Crippen molar-refractivity contribution in [3.8, 4) is 0 Å². The number of likely N-dealkylation sites (tertiary alicyclic amines) is 2. The molecule has 0 aromatic carbocycles. The number of Topliss-reactive ketones (excluding diaryl/α,β-unsaturated/α-hetero) is 1. The first-order valence-corrected chi connectivity index (χ1v) is 19.9. The van der Waals surface area contributed by atoms with Gasteiger partial charge in [-0.15, -0.1) is 0 Å². The molecule has 0 spiro atoms. The number of aliphatic hydroxyl groups excluding tert-OH is 4. The summed E-state index contributed by atoms with van der Waals surface area (Å²) in [5, 5.41) is 67.7. The highest BCUT2D eigenvalue weighted by atomic mass is 127. The lowest BCUT2D eigenvalue weighted by molar-refractivity contribution is -0.945. The van der Waals surface area contributed by atoms with Crippen molar-refractivity contribution >= 4 is 17.3 Å². The minimum atomic E-state index is -1.41. The molecule has 2 saturated heterocycles. The number of rotatable bonds is 4. The number of likely N-dealkylation sites (N-methyl/N-ethyl adjacent to an activating group) is 2. The van der Waals surface area contributed by atoms with E-state index in [4.69, 9.17) is 0 Å². The number of nitrogens with zero attached hydrogens (tertiary/aromatic N) is 2. The van der Waals surface area contributed by atoms with Crippen LogP contribution < -0.4 is 41.0 Å².